The van der Waals surface area contributed by atoms with Crippen LogP contribution in [0.15, 0.2) is 24.3 Å². The Morgan fingerprint density at radius 1 is 1.23 bits per heavy atom. The molecule has 1 fully saturated rings. The van der Waals surface area contributed by atoms with Crippen molar-refractivity contribution in [2.45, 2.75) is 64.1 Å². The van der Waals surface area contributed by atoms with Gasteiger partial charge in [-0.1, -0.05) is 6.42 Å². The lowest BCUT2D eigenvalue weighted by Crippen LogP contribution is -2.57. The molecule has 4 nitrogen and oxygen atoms in total. The molecule has 122 valence electrons. The Balaban J connectivity index is 2.20. The van der Waals surface area contributed by atoms with Gasteiger partial charge < -0.3 is 9.84 Å². The van der Waals surface area contributed by atoms with Crippen LogP contribution in [0, 0.1) is 5.82 Å². The molecule has 0 bridgehead atoms. The van der Waals surface area contributed by atoms with Crippen LogP contribution in [-0.4, -0.2) is 33.8 Å². The van der Waals surface area contributed by atoms with Crippen LogP contribution in [0.25, 0.3) is 0 Å². The van der Waals surface area contributed by atoms with Gasteiger partial charge in [-0.3, -0.25) is 4.90 Å². The zero-order valence-electron chi connectivity index (χ0n) is 13.4. The Labute approximate surface area is 130 Å². The van der Waals surface area contributed by atoms with Crippen molar-refractivity contribution < 1.29 is 19.0 Å². The first-order valence-electron chi connectivity index (χ1n) is 7.73. The zero-order chi connectivity index (χ0) is 16.3. The summed E-state index contributed by atoms with van der Waals surface area (Å²) in [6.45, 7) is 5.68. The lowest BCUT2D eigenvalue weighted by atomic mass is 9.88. The minimum Gasteiger partial charge on any atom is -0.488 e. The second-order valence-corrected chi connectivity index (χ2v) is 6.79. The van der Waals surface area contributed by atoms with Gasteiger partial charge in [0.2, 0.25) is 0 Å². The molecular weight excluding hydrogens is 285 g/mol. The van der Waals surface area contributed by atoms with E-state index in [9.17, 15) is 14.3 Å². The van der Waals surface area contributed by atoms with Gasteiger partial charge in [0.25, 0.3) is 0 Å². The van der Waals surface area contributed by atoms with Crippen LogP contribution < -0.4 is 4.74 Å². The molecule has 1 N–H and O–H groups in total. The van der Waals surface area contributed by atoms with Gasteiger partial charge in [-0.25, -0.2) is 9.18 Å². The van der Waals surface area contributed by atoms with E-state index >= 15 is 0 Å². The first-order valence-corrected chi connectivity index (χ1v) is 7.73. The number of amides is 1. The molecule has 22 heavy (non-hydrogen) atoms. The highest BCUT2D eigenvalue weighted by Gasteiger charge is 2.40. The van der Waals surface area contributed by atoms with Gasteiger partial charge in [0, 0.05) is 5.54 Å². The van der Waals surface area contributed by atoms with Gasteiger partial charge in [-0.15, -0.1) is 0 Å². The van der Waals surface area contributed by atoms with Crippen molar-refractivity contribution >= 4 is 6.09 Å². The second-order valence-electron chi connectivity index (χ2n) is 6.79. The highest BCUT2D eigenvalue weighted by atomic mass is 19.1. The summed E-state index contributed by atoms with van der Waals surface area (Å²) in [5.41, 5.74) is -0.488. The van der Waals surface area contributed by atoms with Crippen LogP contribution in [0.4, 0.5) is 9.18 Å². The third-order valence-corrected chi connectivity index (χ3v) is 4.03. The highest BCUT2D eigenvalue weighted by Crippen LogP contribution is 2.31. The minimum atomic E-state index is -0.924. The molecular formula is C17H24FNO3. The Hall–Kier alpha value is -1.78. The Morgan fingerprint density at radius 2 is 1.82 bits per heavy atom. The molecule has 1 aliphatic carbocycles. The number of carbonyl (C=O) groups is 1. The smallest absolute Gasteiger partial charge is 0.408 e. The Kier molecular flexibility index (Phi) is 4.94. The summed E-state index contributed by atoms with van der Waals surface area (Å²) < 4.78 is 19.0. The number of hydrogen-bond acceptors (Lipinski definition) is 2. The van der Waals surface area contributed by atoms with Crippen molar-refractivity contribution in [1.29, 1.82) is 0 Å². The maximum Gasteiger partial charge on any atom is 0.408 e. The average Bonchev–Trinajstić information content (AvgIpc) is 2.41. The van der Waals surface area contributed by atoms with E-state index in [2.05, 4.69) is 0 Å². The van der Waals surface area contributed by atoms with Crippen LogP contribution in [0.5, 0.6) is 5.75 Å². The zero-order valence-corrected chi connectivity index (χ0v) is 13.4. The molecule has 0 aromatic heterocycles. The number of nitrogens with zero attached hydrogens (tertiary/aromatic N) is 1. The van der Waals surface area contributed by atoms with Crippen molar-refractivity contribution in [2.24, 2.45) is 0 Å². The van der Waals surface area contributed by atoms with Gasteiger partial charge >= 0.3 is 6.09 Å². The predicted molar refractivity (Wildman–Crippen MR) is 82.7 cm³/mol. The second kappa shape index (κ2) is 6.55. The van der Waals surface area contributed by atoms with E-state index in [1.165, 1.54) is 17.0 Å². The summed E-state index contributed by atoms with van der Waals surface area (Å²) in [4.78, 5) is 13.2. The van der Waals surface area contributed by atoms with E-state index in [1.807, 2.05) is 20.8 Å². The Morgan fingerprint density at radius 3 is 2.36 bits per heavy atom. The molecule has 0 aliphatic heterocycles. The van der Waals surface area contributed by atoms with Crippen molar-refractivity contribution in [2.75, 3.05) is 0 Å². The molecule has 5 heteroatoms. The topological polar surface area (TPSA) is 49.8 Å². The molecule has 1 aromatic carbocycles. The predicted octanol–water partition coefficient (Wildman–Crippen LogP) is 4.29. The van der Waals surface area contributed by atoms with Crippen molar-refractivity contribution in [3.05, 3.63) is 30.1 Å². The van der Waals surface area contributed by atoms with Gasteiger partial charge in [0.15, 0.2) is 0 Å². The van der Waals surface area contributed by atoms with Gasteiger partial charge in [-0.05, 0) is 64.3 Å². The highest BCUT2D eigenvalue weighted by molar-refractivity contribution is 5.66. The van der Waals surface area contributed by atoms with E-state index in [-0.39, 0.29) is 18.0 Å². The molecule has 1 aliphatic rings. The van der Waals surface area contributed by atoms with Crippen molar-refractivity contribution in [1.82, 2.24) is 4.90 Å². The molecule has 0 spiro atoms. The maximum absolute atomic E-state index is 13.0. The molecule has 1 amide bonds. The summed E-state index contributed by atoms with van der Waals surface area (Å²) in [6.07, 6.45) is 2.48. The van der Waals surface area contributed by atoms with Crippen molar-refractivity contribution in [3.63, 3.8) is 0 Å². The number of halogens is 1. The summed E-state index contributed by atoms with van der Waals surface area (Å²) in [5, 5.41) is 9.60. The van der Waals surface area contributed by atoms with Gasteiger partial charge in [-0.2, -0.15) is 0 Å². The summed E-state index contributed by atoms with van der Waals surface area (Å²) in [5.74, 6) is 0.270. The fourth-order valence-electron chi connectivity index (χ4n) is 3.12. The molecule has 0 saturated heterocycles. The SMILES string of the molecule is CC(C)(C)N(C(=O)O)C1CCCCC1Oc1ccc(F)cc1. The van der Waals surface area contributed by atoms with Crippen LogP contribution in [-0.2, 0) is 0 Å². The largest absolute Gasteiger partial charge is 0.488 e. The van der Waals surface area contributed by atoms with E-state index in [1.54, 1.807) is 12.1 Å². The molecule has 0 heterocycles. The van der Waals surface area contributed by atoms with Crippen LogP contribution in [0.1, 0.15) is 46.5 Å². The van der Waals surface area contributed by atoms with Crippen molar-refractivity contribution in [3.8, 4) is 5.75 Å². The van der Waals surface area contributed by atoms with E-state index < -0.39 is 11.6 Å². The van der Waals surface area contributed by atoms with Crippen LogP contribution >= 0.6 is 0 Å². The fourth-order valence-corrected chi connectivity index (χ4v) is 3.12. The first-order chi connectivity index (χ1) is 10.3. The average molecular weight is 309 g/mol. The van der Waals surface area contributed by atoms with Gasteiger partial charge in [0.1, 0.15) is 17.7 Å². The molecule has 2 unspecified atom stereocenters. The van der Waals surface area contributed by atoms with Gasteiger partial charge in [0.05, 0.1) is 6.04 Å². The normalized spacial score (nSPS) is 22.2. The fraction of sp³-hybridized carbons (Fsp3) is 0.588. The molecule has 1 aromatic rings. The number of ether oxygens (including phenoxy) is 1. The third kappa shape index (κ3) is 3.90. The summed E-state index contributed by atoms with van der Waals surface area (Å²) in [7, 11) is 0. The van der Waals surface area contributed by atoms with E-state index in [0.29, 0.717) is 5.75 Å². The summed E-state index contributed by atoms with van der Waals surface area (Å²) >= 11 is 0. The number of benzene rings is 1. The lowest BCUT2D eigenvalue weighted by Gasteiger charge is -2.44. The number of rotatable bonds is 3. The lowest BCUT2D eigenvalue weighted by molar-refractivity contribution is -0.00151. The first kappa shape index (κ1) is 16.6. The van der Waals surface area contributed by atoms with Crippen LogP contribution in [0.3, 0.4) is 0 Å². The molecule has 1 saturated carbocycles. The molecule has 2 atom stereocenters. The number of hydrogen-bond donors (Lipinski definition) is 1. The monoisotopic (exact) mass is 309 g/mol. The maximum atomic E-state index is 13.0. The van der Waals surface area contributed by atoms with E-state index in [0.717, 1.165) is 25.7 Å². The minimum absolute atomic E-state index is 0.184. The quantitative estimate of drug-likeness (QED) is 0.906. The summed E-state index contributed by atoms with van der Waals surface area (Å²) in [6, 6.07) is 5.70. The van der Waals surface area contributed by atoms with Crippen LogP contribution in [0.2, 0.25) is 0 Å². The standard InChI is InChI=1S/C17H24FNO3/c1-17(2,3)19(16(20)21)14-6-4-5-7-15(14)22-13-10-8-12(18)9-11-13/h8-11,14-15H,4-7H2,1-3H3,(H,20,21). The molecule has 2 rings (SSSR count). The number of carboxylic acid groups (broad SMARTS) is 1. The third-order valence-electron chi connectivity index (χ3n) is 4.03. The Bertz CT molecular complexity index is 510. The molecule has 0 radical (unpaired) electrons. The van der Waals surface area contributed by atoms with E-state index in [4.69, 9.17) is 4.74 Å².